The number of carboxylic acid groups (broad SMARTS) is 1. The van der Waals surface area contributed by atoms with Gasteiger partial charge in [-0.1, -0.05) is 0 Å². The zero-order valence-electron chi connectivity index (χ0n) is 12.0. The normalized spacial score (nSPS) is 22.6. The SMILES string of the molecule is O=C(O)c1ccc(F)c(CNCC2CCN(C3CC3)C2)c1. The van der Waals surface area contributed by atoms with E-state index in [2.05, 4.69) is 10.2 Å². The molecular weight excluding hydrogens is 271 g/mol. The Bertz CT molecular complexity index is 531. The Balaban J connectivity index is 1.48. The average molecular weight is 292 g/mol. The summed E-state index contributed by atoms with van der Waals surface area (Å²) in [5, 5.41) is 12.2. The van der Waals surface area contributed by atoms with Crippen molar-refractivity contribution < 1.29 is 14.3 Å². The number of carboxylic acids is 1. The highest BCUT2D eigenvalue weighted by molar-refractivity contribution is 5.87. The number of carbonyl (C=O) groups is 1. The predicted molar refractivity (Wildman–Crippen MR) is 77.8 cm³/mol. The Morgan fingerprint density at radius 2 is 2.19 bits per heavy atom. The van der Waals surface area contributed by atoms with E-state index < -0.39 is 5.97 Å². The molecule has 2 N–H and O–H groups in total. The van der Waals surface area contributed by atoms with Gasteiger partial charge in [0.1, 0.15) is 5.82 Å². The fourth-order valence-corrected chi connectivity index (χ4v) is 3.05. The molecule has 1 aromatic rings. The summed E-state index contributed by atoms with van der Waals surface area (Å²) < 4.78 is 13.7. The van der Waals surface area contributed by atoms with Crippen LogP contribution in [0.2, 0.25) is 0 Å². The molecule has 5 heteroatoms. The van der Waals surface area contributed by atoms with Crippen molar-refractivity contribution in [3.63, 3.8) is 0 Å². The minimum atomic E-state index is -1.02. The van der Waals surface area contributed by atoms with Crippen molar-refractivity contribution in [2.24, 2.45) is 5.92 Å². The van der Waals surface area contributed by atoms with Gasteiger partial charge in [0.15, 0.2) is 0 Å². The zero-order chi connectivity index (χ0) is 14.8. The lowest BCUT2D eigenvalue weighted by Gasteiger charge is -2.15. The summed E-state index contributed by atoms with van der Waals surface area (Å²) >= 11 is 0. The summed E-state index contributed by atoms with van der Waals surface area (Å²) in [6, 6.07) is 4.76. The van der Waals surface area contributed by atoms with Gasteiger partial charge in [-0.15, -0.1) is 0 Å². The van der Waals surface area contributed by atoms with Crippen LogP contribution in [-0.2, 0) is 6.54 Å². The van der Waals surface area contributed by atoms with Gasteiger partial charge in [0.25, 0.3) is 0 Å². The van der Waals surface area contributed by atoms with E-state index in [4.69, 9.17) is 5.11 Å². The molecule has 1 saturated carbocycles. The maximum Gasteiger partial charge on any atom is 0.335 e. The number of benzene rings is 1. The fraction of sp³-hybridized carbons (Fsp3) is 0.562. The van der Waals surface area contributed by atoms with Crippen LogP contribution in [0.15, 0.2) is 18.2 Å². The van der Waals surface area contributed by atoms with Crippen LogP contribution in [0.4, 0.5) is 4.39 Å². The van der Waals surface area contributed by atoms with Crippen molar-refractivity contribution in [3.05, 3.63) is 35.1 Å². The van der Waals surface area contributed by atoms with E-state index >= 15 is 0 Å². The molecule has 1 aliphatic carbocycles. The van der Waals surface area contributed by atoms with Crippen molar-refractivity contribution in [1.29, 1.82) is 0 Å². The molecule has 1 unspecified atom stereocenters. The molecule has 1 aromatic carbocycles. The number of nitrogens with one attached hydrogen (secondary N) is 1. The molecule has 21 heavy (non-hydrogen) atoms. The lowest BCUT2D eigenvalue weighted by Crippen LogP contribution is -2.27. The van der Waals surface area contributed by atoms with Crippen LogP contribution in [0.1, 0.15) is 35.2 Å². The Hall–Kier alpha value is -1.46. The van der Waals surface area contributed by atoms with Crippen molar-refractivity contribution >= 4 is 5.97 Å². The number of halogens is 1. The average Bonchev–Trinajstić information content (AvgIpc) is 3.20. The first-order chi connectivity index (χ1) is 10.1. The standard InChI is InChI=1S/C16H21FN2O2/c17-15-4-1-12(16(20)21)7-13(15)9-18-8-11-5-6-19(10-11)14-2-3-14/h1,4,7,11,14,18H,2-3,5-6,8-10H2,(H,20,21). The Morgan fingerprint density at radius 1 is 1.38 bits per heavy atom. The van der Waals surface area contributed by atoms with Gasteiger partial charge >= 0.3 is 5.97 Å². The van der Waals surface area contributed by atoms with E-state index in [-0.39, 0.29) is 11.4 Å². The largest absolute Gasteiger partial charge is 0.478 e. The van der Waals surface area contributed by atoms with Gasteiger partial charge in [-0.3, -0.25) is 0 Å². The zero-order valence-corrected chi connectivity index (χ0v) is 12.0. The molecule has 114 valence electrons. The molecule has 0 aromatic heterocycles. The van der Waals surface area contributed by atoms with Gasteiger partial charge in [-0.2, -0.15) is 0 Å². The fourth-order valence-electron chi connectivity index (χ4n) is 3.05. The van der Waals surface area contributed by atoms with Gasteiger partial charge in [-0.05, 0) is 56.5 Å². The van der Waals surface area contributed by atoms with E-state index in [9.17, 15) is 9.18 Å². The van der Waals surface area contributed by atoms with Gasteiger partial charge in [0.2, 0.25) is 0 Å². The highest BCUT2D eigenvalue weighted by Crippen LogP contribution is 2.31. The number of nitrogens with zero attached hydrogens (tertiary/aromatic N) is 1. The minimum Gasteiger partial charge on any atom is -0.478 e. The third-order valence-corrected chi connectivity index (χ3v) is 4.42. The van der Waals surface area contributed by atoms with Gasteiger partial charge in [-0.25, -0.2) is 9.18 Å². The molecule has 0 bridgehead atoms. The number of aromatic carboxylic acids is 1. The number of likely N-dealkylation sites (tertiary alicyclic amines) is 1. The maximum absolute atomic E-state index is 13.7. The van der Waals surface area contributed by atoms with E-state index in [0.717, 1.165) is 19.1 Å². The van der Waals surface area contributed by atoms with Crippen LogP contribution < -0.4 is 5.32 Å². The van der Waals surface area contributed by atoms with Gasteiger partial charge < -0.3 is 15.3 Å². The van der Waals surface area contributed by atoms with Crippen LogP contribution in [-0.4, -0.2) is 41.7 Å². The summed E-state index contributed by atoms with van der Waals surface area (Å²) in [6.45, 7) is 3.56. The number of hydrogen-bond acceptors (Lipinski definition) is 3. The Labute approximate surface area is 124 Å². The summed E-state index contributed by atoms with van der Waals surface area (Å²) in [5.74, 6) is -0.748. The quantitative estimate of drug-likeness (QED) is 0.843. The second-order valence-electron chi connectivity index (χ2n) is 6.12. The minimum absolute atomic E-state index is 0.133. The number of hydrogen-bond donors (Lipinski definition) is 2. The van der Waals surface area contributed by atoms with Crippen molar-refractivity contribution in [2.75, 3.05) is 19.6 Å². The van der Waals surface area contributed by atoms with E-state index in [1.54, 1.807) is 0 Å². The van der Waals surface area contributed by atoms with Crippen LogP contribution in [0.5, 0.6) is 0 Å². The van der Waals surface area contributed by atoms with Crippen molar-refractivity contribution in [1.82, 2.24) is 10.2 Å². The summed E-state index contributed by atoms with van der Waals surface area (Å²) in [7, 11) is 0. The third kappa shape index (κ3) is 3.60. The summed E-state index contributed by atoms with van der Waals surface area (Å²) in [4.78, 5) is 13.5. The molecular formula is C16H21FN2O2. The van der Waals surface area contributed by atoms with E-state index in [0.29, 0.717) is 18.0 Å². The van der Waals surface area contributed by atoms with E-state index in [1.165, 1.54) is 44.0 Å². The molecule has 1 aliphatic heterocycles. The second-order valence-corrected chi connectivity index (χ2v) is 6.12. The molecule has 2 fully saturated rings. The molecule has 0 amide bonds. The molecule has 4 nitrogen and oxygen atoms in total. The molecule has 3 rings (SSSR count). The first-order valence-corrected chi connectivity index (χ1v) is 7.60. The highest BCUT2D eigenvalue weighted by atomic mass is 19.1. The smallest absolute Gasteiger partial charge is 0.335 e. The Kier molecular flexibility index (Phi) is 4.22. The van der Waals surface area contributed by atoms with Gasteiger partial charge in [0, 0.05) is 24.7 Å². The third-order valence-electron chi connectivity index (χ3n) is 4.42. The summed E-state index contributed by atoms with van der Waals surface area (Å²) in [6.07, 6.45) is 3.88. The lowest BCUT2D eigenvalue weighted by atomic mass is 10.1. The number of rotatable bonds is 6. The molecule has 1 heterocycles. The Morgan fingerprint density at radius 3 is 2.90 bits per heavy atom. The maximum atomic E-state index is 13.7. The molecule has 0 spiro atoms. The molecule has 0 radical (unpaired) electrons. The lowest BCUT2D eigenvalue weighted by molar-refractivity contribution is 0.0696. The van der Waals surface area contributed by atoms with Crippen LogP contribution >= 0.6 is 0 Å². The molecule has 1 saturated heterocycles. The van der Waals surface area contributed by atoms with Crippen molar-refractivity contribution in [2.45, 2.75) is 31.8 Å². The predicted octanol–water partition coefficient (Wildman–Crippen LogP) is 2.10. The topological polar surface area (TPSA) is 52.6 Å². The first-order valence-electron chi connectivity index (χ1n) is 7.60. The highest BCUT2D eigenvalue weighted by Gasteiger charge is 2.33. The molecule has 2 aliphatic rings. The van der Waals surface area contributed by atoms with Crippen molar-refractivity contribution in [3.8, 4) is 0 Å². The first kappa shape index (κ1) is 14.5. The van der Waals surface area contributed by atoms with Crippen LogP contribution in [0.3, 0.4) is 0 Å². The van der Waals surface area contributed by atoms with Gasteiger partial charge in [0.05, 0.1) is 5.56 Å². The van der Waals surface area contributed by atoms with Crippen LogP contribution in [0, 0.1) is 11.7 Å². The monoisotopic (exact) mass is 292 g/mol. The summed E-state index contributed by atoms with van der Waals surface area (Å²) in [5.41, 5.74) is 0.556. The van der Waals surface area contributed by atoms with E-state index in [1.807, 2.05) is 0 Å². The van der Waals surface area contributed by atoms with Crippen LogP contribution in [0.25, 0.3) is 0 Å². The second kappa shape index (κ2) is 6.12. The molecule has 1 atom stereocenters.